The highest BCUT2D eigenvalue weighted by Crippen LogP contribution is 2.30. The number of hydrogen-bond donors (Lipinski definition) is 1. The van der Waals surface area contributed by atoms with Crippen molar-refractivity contribution in [1.82, 2.24) is 9.97 Å². The normalized spacial score (nSPS) is 11.0. The number of thioether (sulfide) groups is 1. The lowest BCUT2D eigenvalue weighted by molar-refractivity contribution is -0.384. The summed E-state index contributed by atoms with van der Waals surface area (Å²) in [6, 6.07) is 10.7. The Morgan fingerprint density at radius 3 is 2.77 bits per heavy atom. The zero-order valence-electron chi connectivity index (χ0n) is 15.2. The molecule has 0 fully saturated rings. The van der Waals surface area contributed by atoms with Gasteiger partial charge < -0.3 is 5.32 Å². The largest absolute Gasteiger partial charge is 0.302 e. The first-order valence-electron chi connectivity index (χ1n) is 8.63. The van der Waals surface area contributed by atoms with E-state index in [1.165, 1.54) is 58.7 Å². The average molecular weight is 461 g/mol. The zero-order valence-corrected chi connectivity index (χ0v) is 17.7. The van der Waals surface area contributed by atoms with E-state index < -0.39 is 4.92 Å². The van der Waals surface area contributed by atoms with Crippen molar-refractivity contribution in [2.75, 3.05) is 5.32 Å². The van der Waals surface area contributed by atoms with Gasteiger partial charge in [0.1, 0.15) is 10.2 Å². The van der Waals surface area contributed by atoms with Crippen LogP contribution in [0, 0.1) is 15.9 Å². The first-order valence-corrected chi connectivity index (χ1v) is 11.3. The molecular formula is C19H13FN4O3S3. The lowest BCUT2D eigenvalue weighted by Crippen LogP contribution is -2.14. The molecule has 0 aliphatic carbocycles. The number of nitro groups is 1. The van der Waals surface area contributed by atoms with Gasteiger partial charge in [0.15, 0.2) is 5.13 Å². The predicted octanol–water partition coefficient (Wildman–Crippen LogP) is 5.27. The highest BCUT2D eigenvalue weighted by atomic mass is 32.2. The molecule has 4 aromatic rings. The molecule has 30 heavy (non-hydrogen) atoms. The van der Waals surface area contributed by atoms with Crippen molar-refractivity contribution >= 4 is 61.4 Å². The molecule has 2 aromatic heterocycles. The van der Waals surface area contributed by atoms with Crippen molar-refractivity contribution in [1.29, 1.82) is 0 Å². The van der Waals surface area contributed by atoms with E-state index in [4.69, 9.17) is 0 Å². The van der Waals surface area contributed by atoms with Gasteiger partial charge in [0.25, 0.3) is 5.69 Å². The van der Waals surface area contributed by atoms with Gasteiger partial charge in [-0.3, -0.25) is 14.9 Å². The fraction of sp³-hybridized carbons (Fsp3) is 0.105. The van der Waals surface area contributed by atoms with Gasteiger partial charge in [0, 0.05) is 23.3 Å². The van der Waals surface area contributed by atoms with Crippen molar-refractivity contribution in [2.45, 2.75) is 16.5 Å². The van der Waals surface area contributed by atoms with Crippen molar-refractivity contribution < 1.29 is 14.1 Å². The lowest BCUT2D eigenvalue weighted by Gasteiger charge is -1.99. The average Bonchev–Trinajstić information content (AvgIpc) is 3.32. The Kier molecular flexibility index (Phi) is 6.02. The summed E-state index contributed by atoms with van der Waals surface area (Å²) in [6.07, 6.45) is 0.101. The number of hydrogen-bond acceptors (Lipinski definition) is 8. The van der Waals surface area contributed by atoms with Gasteiger partial charge in [-0.1, -0.05) is 35.2 Å². The van der Waals surface area contributed by atoms with Gasteiger partial charge in [-0.15, -0.1) is 11.3 Å². The predicted molar refractivity (Wildman–Crippen MR) is 117 cm³/mol. The minimum absolute atomic E-state index is 0.0165. The molecule has 1 amide bonds. The molecule has 0 aliphatic heterocycles. The van der Waals surface area contributed by atoms with Crippen molar-refractivity contribution in [3.63, 3.8) is 0 Å². The summed E-state index contributed by atoms with van der Waals surface area (Å²) in [4.78, 5) is 31.5. The molecule has 0 saturated carbocycles. The Labute approximate surface area is 182 Å². The minimum atomic E-state index is -0.467. The third-order valence-corrected chi connectivity index (χ3v) is 7.05. The third-order valence-electron chi connectivity index (χ3n) is 3.98. The topological polar surface area (TPSA) is 98.0 Å². The van der Waals surface area contributed by atoms with E-state index in [0.29, 0.717) is 26.8 Å². The van der Waals surface area contributed by atoms with Crippen molar-refractivity contribution in [2.24, 2.45) is 0 Å². The summed E-state index contributed by atoms with van der Waals surface area (Å²) in [6.45, 7) is 0. The van der Waals surface area contributed by atoms with E-state index in [1.54, 1.807) is 18.2 Å². The Bertz CT molecular complexity index is 1220. The number of fused-ring (bicyclic) bond motifs is 1. The number of thiazole rings is 2. The number of carbonyl (C=O) groups excluding carboxylic acids is 1. The first-order chi connectivity index (χ1) is 14.5. The minimum Gasteiger partial charge on any atom is -0.302 e. The third kappa shape index (κ3) is 4.99. The number of amides is 1. The monoisotopic (exact) mass is 460 g/mol. The molecule has 0 spiro atoms. The molecule has 0 bridgehead atoms. The fourth-order valence-electron chi connectivity index (χ4n) is 2.57. The number of nitrogens with one attached hydrogen (secondary N) is 1. The summed E-state index contributed by atoms with van der Waals surface area (Å²) in [7, 11) is 0. The zero-order chi connectivity index (χ0) is 21.1. The van der Waals surface area contributed by atoms with Gasteiger partial charge in [0.2, 0.25) is 5.91 Å². The molecule has 7 nitrogen and oxygen atoms in total. The van der Waals surface area contributed by atoms with E-state index in [2.05, 4.69) is 15.3 Å². The number of aromatic nitrogens is 2. The Hall–Kier alpha value is -2.89. The van der Waals surface area contributed by atoms with Crippen LogP contribution in [0.15, 0.2) is 52.2 Å². The SMILES string of the molecule is O=C(Cc1csc(SCc2ccc(F)cc2)n1)Nc1nc2ccc([N+](=O)[O-])cc2s1. The highest BCUT2D eigenvalue weighted by molar-refractivity contribution is 8.00. The maximum atomic E-state index is 13.0. The molecule has 2 heterocycles. The molecule has 4 rings (SSSR count). The van der Waals surface area contributed by atoms with Crippen LogP contribution < -0.4 is 5.32 Å². The summed E-state index contributed by atoms with van der Waals surface area (Å²) in [5.41, 5.74) is 2.22. The molecule has 0 radical (unpaired) electrons. The molecule has 11 heteroatoms. The highest BCUT2D eigenvalue weighted by Gasteiger charge is 2.13. The van der Waals surface area contributed by atoms with Gasteiger partial charge in [-0.05, 0) is 23.8 Å². The van der Waals surface area contributed by atoms with Crippen molar-refractivity contribution in [3.05, 3.63) is 75.0 Å². The van der Waals surface area contributed by atoms with Crippen LogP contribution in [0.2, 0.25) is 0 Å². The molecule has 0 saturated heterocycles. The van der Waals surface area contributed by atoms with Crippen LogP contribution in [0.3, 0.4) is 0 Å². The van der Waals surface area contributed by atoms with Gasteiger partial charge in [0.05, 0.1) is 27.3 Å². The molecular weight excluding hydrogens is 447 g/mol. The van der Waals surface area contributed by atoms with E-state index in [1.807, 2.05) is 5.38 Å². The van der Waals surface area contributed by atoms with Crippen molar-refractivity contribution in [3.8, 4) is 0 Å². The summed E-state index contributed by atoms with van der Waals surface area (Å²) < 4.78 is 14.4. The smallest absolute Gasteiger partial charge is 0.270 e. The summed E-state index contributed by atoms with van der Waals surface area (Å²) >= 11 is 4.16. The number of rotatable bonds is 7. The van der Waals surface area contributed by atoms with Gasteiger partial charge >= 0.3 is 0 Å². The second-order valence-corrected chi connectivity index (χ2v) is 9.28. The number of non-ortho nitro benzene ring substituents is 1. The molecule has 152 valence electrons. The van der Waals surface area contributed by atoms with Crippen LogP contribution in [0.4, 0.5) is 15.2 Å². The number of anilines is 1. The molecule has 0 unspecified atom stereocenters. The second kappa shape index (κ2) is 8.86. The van der Waals surface area contributed by atoms with E-state index in [-0.39, 0.29) is 23.8 Å². The van der Waals surface area contributed by atoms with Crippen LogP contribution in [-0.4, -0.2) is 20.8 Å². The molecule has 2 aromatic carbocycles. The number of halogens is 1. The number of benzene rings is 2. The van der Waals surface area contributed by atoms with Gasteiger partial charge in [-0.2, -0.15) is 0 Å². The maximum Gasteiger partial charge on any atom is 0.270 e. The summed E-state index contributed by atoms with van der Waals surface area (Å²) in [5, 5.41) is 15.8. The lowest BCUT2D eigenvalue weighted by atomic mass is 10.2. The van der Waals surface area contributed by atoms with E-state index in [0.717, 1.165) is 9.90 Å². The quantitative estimate of drug-likeness (QED) is 0.229. The van der Waals surface area contributed by atoms with Crippen LogP contribution >= 0.6 is 34.4 Å². The Balaban J connectivity index is 1.34. The first kappa shape index (κ1) is 20.4. The fourth-order valence-corrected chi connectivity index (χ4v) is 5.29. The maximum absolute atomic E-state index is 13.0. The standard InChI is InChI=1S/C19H13FN4O3S3/c20-12-3-1-11(2-4-12)9-28-19-21-13(10-29-19)7-17(25)23-18-22-15-6-5-14(24(26)27)8-16(15)30-18/h1-6,8,10H,7,9H2,(H,22,23,25). The number of nitro benzene ring substituents is 1. The Morgan fingerprint density at radius 2 is 2.00 bits per heavy atom. The Morgan fingerprint density at radius 1 is 1.20 bits per heavy atom. The van der Waals surface area contributed by atoms with Crippen LogP contribution in [0.1, 0.15) is 11.3 Å². The molecule has 0 atom stereocenters. The number of nitrogens with zero attached hydrogens (tertiary/aromatic N) is 3. The molecule has 0 aliphatic rings. The van der Waals surface area contributed by atoms with E-state index >= 15 is 0 Å². The van der Waals surface area contributed by atoms with E-state index in [9.17, 15) is 19.3 Å². The van der Waals surface area contributed by atoms with Crippen LogP contribution in [0.25, 0.3) is 10.2 Å². The summed E-state index contributed by atoms with van der Waals surface area (Å²) in [5.74, 6) is 0.138. The molecule has 1 N–H and O–H groups in total. The second-order valence-electron chi connectivity index (χ2n) is 6.17. The van der Waals surface area contributed by atoms with Gasteiger partial charge in [-0.25, -0.2) is 14.4 Å². The number of carbonyl (C=O) groups is 1. The van der Waals surface area contributed by atoms with Crippen LogP contribution in [-0.2, 0) is 17.0 Å². The van der Waals surface area contributed by atoms with Crippen LogP contribution in [0.5, 0.6) is 0 Å².